The quantitative estimate of drug-likeness (QED) is 0.500. The molecule has 0 bridgehead atoms. The molecule has 0 unspecified atom stereocenters. The highest BCUT2D eigenvalue weighted by molar-refractivity contribution is 7.89. The van der Waals surface area contributed by atoms with Gasteiger partial charge in [-0.25, -0.2) is 8.42 Å². The summed E-state index contributed by atoms with van der Waals surface area (Å²) in [7, 11) is -3.68. The van der Waals surface area contributed by atoms with Crippen LogP contribution in [-0.4, -0.2) is 31.8 Å². The maximum Gasteiger partial charge on any atom is 0.253 e. The summed E-state index contributed by atoms with van der Waals surface area (Å²) in [5.41, 5.74) is 3.75. The minimum Gasteiger partial charge on any atom is -0.494 e. The van der Waals surface area contributed by atoms with Crippen molar-refractivity contribution < 1.29 is 17.9 Å². The number of aromatic nitrogens is 1. The van der Waals surface area contributed by atoms with E-state index < -0.39 is 15.9 Å². The summed E-state index contributed by atoms with van der Waals surface area (Å²) in [6.07, 6.45) is 2.13. The molecule has 0 saturated heterocycles. The van der Waals surface area contributed by atoms with Crippen LogP contribution in [0.2, 0.25) is 5.02 Å². The number of para-hydroxylation sites is 1. The third-order valence-electron chi connectivity index (χ3n) is 5.03. The molecular formula is C23H24ClN3O4S. The molecule has 9 heteroatoms. The van der Waals surface area contributed by atoms with Gasteiger partial charge in [0.25, 0.3) is 5.91 Å². The Balaban J connectivity index is 1.79. The number of nitrogens with one attached hydrogen (secondary N) is 1. The fourth-order valence-corrected chi connectivity index (χ4v) is 4.32. The number of amides is 1. The predicted molar refractivity (Wildman–Crippen MR) is 124 cm³/mol. The first-order chi connectivity index (χ1) is 15.1. The molecule has 168 valence electrons. The van der Waals surface area contributed by atoms with Gasteiger partial charge >= 0.3 is 0 Å². The maximum absolute atomic E-state index is 12.2. The Hall–Kier alpha value is -3.02. The van der Waals surface area contributed by atoms with Gasteiger partial charge in [0, 0.05) is 15.9 Å². The van der Waals surface area contributed by atoms with E-state index in [9.17, 15) is 18.5 Å². The highest BCUT2D eigenvalue weighted by atomic mass is 35.5. The standard InChI is InChI=1S/C23H24ClN3O4S/c1-15-11-17(12-16(2)23(15)24)31-10-6-8-19-18-7-4-5-9-20(18)27(21(19)13-25)14-22(28)26-32(3,29)30/h4-5,7,9,11-12H,6,8,10,14H2,1-3H3,(H,26,28). The lowest BCUT2D eigenvalue weighted by atomic mass is 10.1. The largest absolute Gasteiger partial charge is 0.494 e. The molecule has 2 aromatic carbocycles. The van der Waals surface area contributed by atoms with Crippen LogP contribution in [0.5, 0.6) is 5.75 Å². The zero-order chi connectivity index (χ0) is 23.5. The number of sulfonamides is 1. The molecule has 0 atom stereocenters. The molecule has 0 spiro atoms. The van der Waals surface area contributed by atoms with E-state index in [4.69, 9.17) is 16.3 Å². The third-order valence-corrected chi connectivity index (χ3v) is 6.23. The van der Waals surface area contributed by atoms with Gasteiger partial charge in [-0.05, 0) is 61.6 Å². The fourth-order valence-electron chi connectivity index (χ4n) is 3.73. The lowest BCUT2D eigenvalue weighted by Crippen LogP contribution is -2.32. The van der Waals surface area contributed by atoms with Crippen LogP contribution in [0.1, 0.15) is 28.8 Å². The average Bonchev–Trinajstić information content (AvgIpc) is 3.00. The summed E-state index contributed by atoms with van der Waals surface area (Å²) in [4.78, 5) is 12.2. The number of ether oxygens (including phenoxy) is 1. The van der Waals surface area contributed by atoms with Crippen molar-refractivity contribution in [3.63, 3.8) is 0 Å². The summed E-state index contributed by atoms with van der Waals surface area (Å²) in [5, 5.41) is 11.4. The van der Waals surface area contributed by atoms with E-state index in [0.717, 1.165) is 39.1 Å². The first kappa shape index (κ1) is 23.6. The van der Waals surface area contributed by atoms with Gasteiger partial charge < -0.3 is 9.30 Å². The second kappa shape index (κ2) is 9.63. The minimum atomic E-state index is -3.68. The zero-order valence-corrected chi connectivity index (χ0v) is 19.7. The highest BCUT2D eigenvalue weighted by Gasteiger charge is 2.19. The number of nitriles is 1. The second-order valence-electron chi connectivity index (χ2n) is 7.66. The third kappa shape index (κ3) is 5.42. The zero-order valence-electron chi connectivity index (χ0n) is 18.1. The number of carbonyl (C=O) groups is 1. The molecule has 1 N–H and O–H groups in total. The number of halogens is 1. The van der Waals surface area contributed by atoms with Gasteiger partial charge in [0.2, 0.25) is 10.0 Å². The summed E-state index contributed by atoms with van der Waals surface area (Å²) in [6.45, 7) is 4.03. The topological polar surface area (TPSA) is 101 Å². The van der Waals surface area contributed by atoms with Crippen LogP contribution < -0.4 is 9.46 Å². The van der Waals surface area contributed by atoms with Crippen LogP contribution in [-0.2, 0) is 27.8 Å². The van der Waals surface area contributed by atoms with E-state index >= 15 is 0 Å². The molecule has 0 saturated carbocycles. The Morgan fingerprint density at radius 3 is 2.50 bits per heavy atom. The van der Waals surface area contributed by atoms with Crippen molar-refractivity contribution in [1.82, 2.24) is 9.29 Å². The van der Waals surface area contributed by atoms with Crippen molar-refractivity contribution in [3.8, 4) is 11.8 Å². The van der Waals surface area contributed by atoms with Gasteiger partial charge in [0.15, 0.2) is 0 Å². The molecular weight excluding hydrogens is 450 g/mol. The van der Waals surface area contributed by atoms with Crippen molar-refractivity contribution in [2.75, 3.05) is 12.9 Å². The smallest absolute Gasteiger partial charge is 0.253 e. The SMILES string of the molecule is Cc1cc(OCCCc2c(C#N)n(CC(=O)NS(C)(=O)=O)c3ccccc23)cc(C)c1Cl. The van der Waals surface area contributed by atoms with Crippen LogP contribution in [0.25, 0.3) is 10.9 Å². The van der Waals surface area contributed by atoms with Crippen LogP contribution in [0, 0.1) is 25.2 Å². The molecule has 7 nitrogen and oxygen atoms in total. The number of carbonyl (C=O) groups excluding carboxylic acids is 1. The van der Waals surface area contributed by atoms with Gasteiger partial charge in [0.05, 0.1) is 12.9 Å². The molecule has 0 aliphatic carbocycles. The van der Waals surface area contributed by atoms with Crippen LogP contribution in [0.4, 0.5) is 0 Å². The lowest BCUT2D eigenvalue weighted by Gasteiger charge is -2.10. The fraction of sp³-hybridized carbons (Fsp3) is 0.304. The van der Waals surface area contributed by atoms with Gasteiger partial charge in [-0.3, -0.25) is 9.52 Å². The van der Waals surface area contributed by atoms with E-state index in [0.29, 0.717) is 30.7 Å². The van der Waals surface area contributed by atoms with Gasteiger partial charge in [-0.15, -0.1) is 0 Å². The molecule has 0 fully saturated rings. The van der Waals surface area contributed by atoms with Crippen molar-refractivity contribution in [2.24, 2.45) is 0 Å². The second-order valence-corrected chi connectivity index (χ2v) is 9.79. The molecule has 0 radical (unpaired) electrons. The molecule has 32 heavy (non-hydrogen) atoms. The van der Waals surface area contributed by atoms with Crippen molar-refractivity contribution in [1.29, 1.82) is 5.26 Å². The number of rotatable bonds is 8. The van der Waals surface area contributed by atoms with Crippen LogP contribution in [0.3, 0.4) is 0 Å². The maximum atomic E-state index is 12.2. The summed E-state index contributed by atoms with van der Waals surface area (Å²) >= 11 is 6.20. The molecule has 1 aromatic heterocycles. The lowest BCUT2D eigenvalue weighted by molar-refractivity contribution is -0.119. The molecule has 0 aliphatic rings. The summed E-state index contributed by atoms with van der Waals surface area (Å²) < 4.78 is 32.1. The number of aryl methyl sites for hydroxylation is 3. The average molecular weight is 474 g/mol. The number of benzene rings is 2. The van der Waals surface area contributed by atoms with E-state index in [1.807, 2.05) is 55.0 Å². The summed E-state index contributed by atoms with van der Waals surface area (Å²) in [5.74, 6) is 0.0397. The van der Waals surface area contributed by atoms with Gasteiger partial charge in [-0.2, -0.15) is 5.26 Å². The number of hydrogen-bond donors (Lipinski definition) is 1. The first-order valence-electron chi connectivity index (χ1n) is 10.0. The molecule has 1 amide bonds. The van der Waals surface area contributed by atoms with Crippen molar-refractivity contribution in [3.05, 3.63) is 63.8 Å². The summed E-state index contributed by atoms with van der Waals surface area (Å²) in [6, 6.07) is 13.3. The van der Waals surface area contributed by atoms with Crippen LogP contribution in [0.15, 0.2) is 36.4 Å². The highest BCUT2D eigenvalue weighted by Crippen LogP contribution is 2.28. The monoisotopic (exact) mass is 473 g/mol. The van der Waals surface area contributed by atoms with E-state index in [1.165, 1.54) is 0 Å². The molecule has 1 heterocycles. The van der Waals surface area contributed by atoms with Gasteiger partial charge in [0.1, 0.15) is 24.1 Å². The predicted octanol–water partition coefficient (Wildman–Crippen LogP) is 3.87. The Bertz CT molecular complexity index is 1300. The first-order valence-corrected chi connectivity index (χ1v) is 12.3. The van der Waals surface area contributed by atoms with E-state index in [-0.39, 0.29) is 6.54 Å². The minimum absolute atomic E-state index is 0.268. The molecule has 3 aromatic rings. The Kier molecular flexibility index (Phi) is 7.12. The van der Waals surface area contributed by atoms with Crippen molar-refractivity contribution in [2.45, 2.75) is 33.2 Å². The Morgan fingerprint density at radius 2 is 1.88 bits per heavy atom. The van der Waals surface area contributed by atoms with Crippen LogP contribution >= 0.6 is 11.6 Å². The molecule has 0 aliphatic heterocycles. The number of nitrogens with zero attached hydrogens (tertiary/aromatic N) is 2. The Labute approximate surface area is 192 Å². The Morgan fingerprint density at radius 1 is 1.22 bits per heavy atom. The van der Waals surface area contributed by atoms with E-state index in [2.05, 4.69) is 6.07 Å². The number of hydrogen-bond acceptors (Lipinski definition) is 5. The number of fused-ring (bicyclic) bond motifs is 1. The van der Waals surface area contributed by atoms with Gasteiger partial charge in [-0.1, -0.05) is 29.8 Å². The molecule has 3 rings (SSSR count). The van der Waals surface area contributed by atoms with E-state index in [1.54, 1.807) is 4.57 Å². The van der Waals surface area contributed by atoms with Crippen molar-refractivity contribution >= 4 is 38.4 Å². The normalized spacial score (nSPS) is 11.3.